The van der Waals surface area contributed by atoms with Gasteiger partial charge in [-0.2, -0.15) is 4.98 Å². The van der Waals surface area contributed by atoms with Crippen LogP contribution in [0.5, 0.6) is 0 Å². The van der Waals surface area contributed by atoms with E-state index in [1.54, 1.807) is 18.4 Å². The van der Waals surface area contributed by atoms with E-state index >= 15 is 0 Å². The summed E-state index contributed by atoms with van der Waals surface area (Å²) in [5, 5.41) is 38.0. The van der Waals surface area contributed by atoms with E-state index in [1.165, 1.54) is 0 Å². The smallest absolute Gasteiger partial charge is 0.224 e. The summed E-state index contributed by atoms with van der Waals surface area (Å²) in [5.41, 5.74) is 2.58. The van der Waals surface area contributed by atoms with Crippen LogP contribution in [-0.4, -0.2) is 75.4 Å². The van der Waals surface area contributed by atoms with Crippen molar-refractivity contribution >= 4 is 33.3 Å². The van der Waals surface area contributed by atoms with Gasteiger partial charge in [0, 0.05) is 31.6 Å². The number of benzene rings is 1. The van der Waals surface area contributed by atoms with Gasteiger partial charge in [0.05, 0.1) is 40.2 Å². The van der Waals surface area contributed by atoms with Crippen molar-refractivity contribution in [1.29, 1.82) is 0 Å². The van der Waals surface area contributed by atoms with E-state index in [-0.39, 0.29) is 17.9 Å². The van der Waals surface area contributed by atoms with Crippen molar-refractivity contribution in [3.63, 3.8) is 0 Å². The first-order valence-corrected chi connectivity index (χ1v) is 12.5. The van der Waals surface area contributed by atoms with Gasteiger partial charge >= 0.3 is 0 Å². The lowest BCUT2D eigenvalue weighted by atomic mass is 10.1. The first-order valence-electron chi connectivity index (χ1n) is 11.6. The summed E-state index contributed by atoms with van der Waals surface area (Å²) in [7, 11) is 1.72. The Balaban J connectivity index is 1.49. The first kappa shape index (κ1) is 23.4. The number of rotatable bonds is 9. The molecule has 3 aromatic rings. The minimum Gasteiger partial charge on any atom is -0.396 e. The molecule has 34 heavy (non-hydrogen) atoms. The molecule has 0 unspecified atom stereocenters. The van der Waals surface area contributed by atoms with Crippen LogP contribution >= 0.6 is 11.3 Å². The number of anilines is 2. The minimum atomic E-state index is -1.01. The molecule has 2 saturated carbocycles. The van der Waals surface area contributed by atoms with Gasteiger partial charge in [-0.05, 0) is 38.3 Å². The van der Waals surface area contributed by atoms with E-state index in [1.807, 2.05) is 31.2 Å². The van der Waals surface area contributed by atoms with E-state index in [0.29, 0.717) is 24.8 Å². The molecule has 5 rings (SSSR count). The summed E-state index contributed by atoms with van der Waals surface area (Å²) < 4.78 is 6.44. The minimum absolute atomic E-state index is 0.130. The highest BCUT2D eigenvalue weighted by atomic mass is 32.1. The first-order chi connectivity index (χ1) is 16.4. The number of hydrogen-bond donors (Lipinski definition) is 5. The molecule has 2 heterocycles. The number of para-hydroxylation sites is 1. The van der Waals surface area contributed by atoms with Crippen LogP contribution in [0.1, 0.15) is 25.0 Å². The van der Waals surface area contributed by atoms with Crippen LogP contribution in [0.4, 0.5) is 11.8 Å². The third-order valence-corrected chi connectivity index (χ3v) is 8.04. The number of nitrogens with zero attached hydrogens (tertiary/aromatic N) is 3. The number of nitrogens with one attached hydrogen (secondary N) is 2. The van der Waals surface area contributed by atoms with Crippen LogP contribution in [0.3, 0.4) is 0 Å². The molecule has 2 aliphatic rings. The number of fused-ring (bicyclic) bond motifs is 1. The fourth-order valence-electron chi connectivity index (χ4n) is 4.74. The summed E-state index contributed by atoms with van der Waals surface area (Å²) in [6.07, 6.45) is 0.648. The molecule has 2 fully saturated rings. The lowest BCUT2D eigenvalue weighted by Crippen LogP contribution is -2.36. The molecular formula is C24H31N5O4S. The van der Waals surface area contributed by atoms with E-state index < -0.39 is 18.2 Å². The molecule has 0 spiro atoms. The highest BCUT2D eigenvalue weighted by molar-refractivity contribution is 7.21. The molecule has 5 N–H and O–H groups in total. The average molecular weight is 486 g/mol. The van der Waals surface area contributed by atoms with Crippen LogP contribution in [0.2, 0.25) is 0 Å². The lowest BCUT2D eigenvalue weighted by molar-refractivity contribution is 0.00446. The van der Waals surface area contributed by atoms with Crippen molar-refractivity contribution in [2.75, 3.05) is 37.5 Å². The average Bonchev–Trinajstić information content (AvgIpc) is 3.37. The van der Waals surface area contributed by atoms with Gasteiger partial charge in [-0.25, -0.2) is 9.97 Å². The molecule has 2 aromatic heterocycles. The summed E-state index contributed by atoms with van der Waals surface area (Å²) in [5.74, 6) is 0.669. The van der Waals surface area contributed by atoms with Crippen molar-refractivity contribution in [2.24, 2.45) is 11.3 Å². The van der Waals surface area contributed by atoms with Crippen LogP contribution in [0, 0.1) is 18.3 Å². The van der Waals surface area contributed by atoms with Gasteiger partial charge < -0.3 is 30.7 Å². The fourth-order valence-corrected chi connectivity index (χ4v) is 5.80. The van der Waals surface area contributed by atoms with E-state index in [0.717, 1.165) is 45.9 Å². The molecule has 9 nitrogen and oxygen atoms in total. The Hall–Kier alpha value is -2.37. The Labute approximate surface area is 202 Å². The number of thiazole rings is 1. The zero-order valence-electron chi connectivity index (χ0n) is 19.4. The van der Waals surface area contributed by atoms with Gasteiger partial charge in [0.1, 0.15) is 16.9 Å². The predicted octanol–water partition coefficient (Wildman–Crippen LogP) is 2.41. The molecule has 0 amide bonds. The second-order valence-electron chi connectivity index (χ2n) is 9.54. The number of aliphatic hydroxyl groups is 3. The van der Waals surface area contributed by atoms with Gasteiger partial charge in [0.2, 0.25) is 5.95 Å². The van der Waals surface area contributed by atoms with Crippen molar-refractivity contribution in [3.8, 4) is 10.6 Å². The maximum absolute atomic E-state index is 10.6. The van der Waals surface area contributed by atoms with E-state index in [4.69, 9.17) is 19.7 Å². The van der Waals surface area contributed by atoms with Crippen molar-refractivity contribution < 1.29 is 20.1 Å². The second kappa shape index (κ2) is 9.35. The Morgan fingerprint density at radius 1 is 1.15 bits per heavy atom. The molecule has 0 radical (unpaired) electrons. The van der Waals surface area contributed by atoms with E-state index in [2.05, 4.69) is 10.6 Å². The Bertz CT molecular complexity index is 1130. The quantitative estimate of drug-likeness (QED) is 0.310. The maximum atomic E-state index is 10.6. The SMILES string of the molecule is COCC1(CNc2nc(C)c(-c3nc4ccccc4s3)c(N[C@@H]3C[C@H](CO)[C@@H](O)[C@H]3O)n2)CC1. The second-order valence-corrected chi connectivity index (χ2v) is 10.6. The number of ether oxygens (including phenoxy) is 1. The maximum Gasteiger partial charge on any atom is 0.224 e. The van der Waals surface area contributed by atoms with Crippen LogP contribution < -0.4 is 10.6 Å². The van der Waals surface area contributed by atoms with E-state index in [9.17, 15) is 15.3 Å². The highest BCUT2D eigenvalue weighted by Crippen LogP contribution is 2.46. The molecule has 10 heteroatoms. The zero-order valence-corrected chi connectivity index (χ0v) is 20.2. The number of hydrogen-bond acceptors (Lipinski definition) is 10. The third kappa shape index (κ3) is 4.48. The number of aryl methyl sites for hydroxylation is 1. The largest absolute Gasteiger partial charge is 0.396 e. The Morgan fingerprint density at radius 3 is 2.62 bits per heavy atom. The van der Waals surface area contributed by atoms with Gasteiger partial charge in [0.25, 0.3) is 0 Å². The molecule has 1 aromatic carbocycles. The summed E-state index contributed by atoms with van der Waals surface area (Å²) in [6.45, 7) is 3.16. The lowest BCUT2D eigenvalue weighted by Gasteiger charge is -2.22. The van der Waals surface area contributed by atoms with Gasteiger partial charge in [0.15, 0.2) is 0 Å². The monoisotopic (exact) mass is 485 g/mol. The van der Waals surface area contributed by atoms with Crippen LogP contribution in [0.25, 0.3) is 20.8 Å². The van der Waals surface area contributed by atoms with Crippen molar-refractivity contribution in [3.05, 3.63) is 30.0 Å². The molecule has 0 aliphatic heterocycles. The summed E-state index contributed by atoms with van der Waals surface area (Å²) >= 11 is 1.56. The standard InChI is InChI=1S/C24H31N5O4S/c1-13-18(22-28-15-5-3-4-6-17(15)34-22)21(27-16-9-14(10-30)19(31)20(16)32)29-23(26-13)25-11-24(7-8-24)12-33-2/h3-6,14,16,19-20,30-32H,7-12H2,1-2H3,(H2,25,26,27,29)/t14-,16-,19-,20+/m1/s1. The van der Waals surface area contributed by atoms with Gasteiger partial charge in [-0.1, -0.05) is 12.1 Å². The number of aliphatic hydroxyl groups excluding tert-OH is 3. The molecular weight excluding hydrogens is 454 g/mol. The Kier molecular flexibility index (Phi) is 6.43. The normalized spacial score (nSPS) is 25.6. The highest BCUT2D eigenvalue weighted by Gasteiger charge is 2.43. The van der Waals surface area contributed by atoms with Crippen molar-refractivity contribution in [1.82, 2.24) is 15.0 Å². The Morgan fingerprint density at radius 2 is 1.94 bits per heavy atom. The molecule has 4 atom stereocenters. The molecule has 182 valence electrons. The fraction of sp³-hybridized carbons (Fsp3) is 0.542. The predicted molar refractivity (Wildman–Crippen MR) is 132 cm³/mol. The summed E-state index contributed by atoms with van der Waals surface area (Å²) in [4.78, 5) is 14.3. The number of aromatic nitrogens is 3. The van der Waals surface area contributed by atoms with Crippen molar-refractivity contribution in [2.45, 2.75) is 44.4 Å². The topological polar surface area (TPSA) is 133 Å². The third-order valence-electron chi connectivity index (χ3n) is 6.99. The van der Waals surface area contributed by atoms with Gasteiger partial charge in [-0.3, -0.25) is 0 Å². The van der Waals surface area contributed by atoms with Gasteiger partial charge in [-0.15, -0.1) is 11.3 Å². The van der Waals surface area contributed by atoms with Crippen LogP contribution in [0.15, 0.2) is 24.3 Å². The molecule has 0 bridgehead atoms. The molecule has 0 saturated heterocycles. The van der Waals surface area contributed by atoms with Crippen LogP contribution in [-0.2, 0) is 4.74 Å². The summed E-state index contributed by atoms with van der Waals surface area (Å²) in [6, 6.07) is 7.50. The zero-order chi connectivity index (χ0) is 23.9. The number of methoxy groups -OCH3 is 1. The molecule has 2 aliphatic carbocycles.